The van der Waals surface area contributed by atoms with E-state index in [9.17, 15) is 9.59 Å². The highest BCUT2D eigenvalue weighted by atomic mass is 32.2. The number of esters is 1. The molecule has 1 fully saturated rings. The normalized spacial score (nSPS) is 15.9. The van der Waals surface area contributed by atoms with Crippen molar-refractivity contribution in [3.63, 3.8) is 0 Å². The van der Waals surface area contributed by atoms with Crippen LogP contribution in [-0.2, 0) is 27.9 Å². The van der Waals surface area contributed by atoms with Crippen LogP contribution >= 0.6 is 11.8 Å². The van der Waals surface area contributed by atoms with E-state index in [1.54, 1.807) is 11.5 Å². The third-order valence-electron chi connectivity index (χ3n) is 7.73. The summed E-state index contributed by atoms with van der Waals surface area (Å²) in [5, 5.41) is 9.61. The summed E-state index contributed by atoms with van der Waals surface area (Å²) in [4.78, 5) is 26.7. The summed E-state index contributed by atoms with van der Waals surface area (Å²) in [6.07, 6.45) is 6.29. The summed E-state index contributed by atoms with van der Waals surface area (Å²) in [6, 6.07) is 18.4. The molecule has 0 saturated heterocycles. The van der Waals surface area contributed by atoms with Gasteiger partial charge in [0, 0.05) is 16.5 Å². The molecule has 0 aliphatic heterocycles. The second-order valence-corrected chi connectivity index (χ2v) is 10.9. The average molecular weight is 515 g/mol. The summed E-state index contributed by atoms with van der Waals surface area (Å²) >= 11 is 1.31. The maximum Gasteiger partial charge on any atom is 0.316 e. The molecule has 1 spiro atoms. The monoisotopic (exact) mass is 514 g/mol. The number of nitrogens with zero attached hydrogens (tertiary/aromatic N) is 4. The molecule has 2 aliphatic carbocycles. The van der Waals surface area contributed by atoms with E-state index in [1.807, 2.05) is 40.8 Å². The van der Waals surface area contributed by atoms with Gasteiger partial charge >= 0.3 is 5.97 Å². The van der Waals surface area contributed by atoms with Crippen LogP contribution < -0.4 is 5.56 Å². The smallest absolute Gasteiger partial charge is 0.316 e. The number of hydrogen-bond acceptors (Lipinski definition) is 6. The highest BCUT2D eigenvalue weighted by Gasteiger charge is 2.44. The van der Waals surface area contributed by atoms with Crippen LogP contribution in [0.25, 0.3) is 17.0 Å². The molecule has 1 saturated carbocycles. The van der Waals surface area contributed by atoms with Gasteiger partial charge in [-0.25, -0.2) is 0 Å². The first kappa shape index (κ1) is 24.0. The topological polar surface area (TPSA) is 78.5 Å². The summed E-state index contributed by atoms with van der Waals surface area (Å²) in [5.41, 5.74) is 4.94. The van der Waals surface area contributed by atoms with Crippen molar-refractivity contribution in [2.24, 2.45) is 0 Å². The number of aromatic nitrogens is 4. The maximum atomic E-state index is 14.5. The van der Waals surface area contributed by atoms with E-state index in [1.165, 1.54) is 23.7 Å². The van der Waals surface area contributed by atoms with E-state index in [-0.39, 0.29) is 22.7 Å². The van der Waals surface area contributed by atoms with Crippen molar-refractivity contribution in [1.29, 1.82) is 0 Å². The second kappa shape index (κ2) is 9.82. The Kier molecular flexibility index (Phi) is 6.36. The van der Waals surface area contributed by atoms with E-state index in [0.717, 1.165) is 54.5 Å². The van der Waals surface area contributed by atoms with Gasteiger partial charge < -0.3 is 4.74 Å². The van der Waals surface area contributed by atoms with E-state index in [4.69, 9.17) is 4.74 Å². The molecule has 0 N–H and O–H groups in total. The third kappa shape index (κ3) is 4.17. The summed E-state index contributed by atoms with van der Waals surface area (Å²) < 4.78 is 8.96. The lowest BCUT2D eigenvalue weighted by molar-refractivity contribution is -0.139. The molecular formula is C29H30N4O3S. The molecule has 0 amide bonds. The van der Waals surface area contributed by atoms with Gasteiger partial charge in [-0.05, 0) is 37.3 Å². The lowest BCUT2D eigenvalue weighted by atomic mass is 9.62. The van der Waals surface area contributed by atoms with Gasteiger partial charge in [0.25, 0.3) is 5.56 Å². The maximum absolute atomic E-state index is 14.5. The zero-order chi connectivity index (χ0) is 25.4. The molecule has 0 bridgehead atoms. The molecular weight excluding hydrogens is 484 g/mol. The fraction of sp³-hybridized carbons (Fsp3) is 0.379. The second-order valence-electron chi connectivity index (χ2n) is 9.99. The molecule has 0 unspecified atom stereocenters. The van der Waals surface area contributed by atoms with E-state index in [0.29, 0.717) is 24.1 Å². The van der Waals surface area contributed by atoms with Crippen LogP contribution in [0.2, 0.25) is 0 Å². The molecule has 8 heteroatoms. The molecule has 0 atom stereocenters. The molecule has 7 nitrogen and oxygen atoms in total. The summed E-state index contributed by atoms with van der Waals surface area (Å²) in [6.45, 7) is 2.55. The van der Waals surface area contributed by atoms with Gasteiger partial charge in [0.1, 0.15) is 0 Å². The van der Waals surface area contributed by atoms with Crippen molar-refractivity contribution in [1.82, 2.24) is 19.2 Å². The Bertz CT molecular complexity index is 1520. The minimum absolute atomic E-state index is 0.0251. The molecule has 2 aromatic carbocycles. The first-order valence-electron chi connectivity index (χ1n) is 13.0. The predicted molar refractivity (Wildman–Crippen MR) is 144 cm³/mol. The quantitative estimate of drug-likeness (QED) is 0.266. The Morgan fingerprint density at radius 1 is 1.03 bits per heavy atom. The third-order valence-corrected chi connectivity index (χ3v) is 8.63. The van der Waals surface area contributed by atoms with Crippen molar-refractivity contribution in [3.8, 4) is 11.3 Å². The molecule has 190 valence electrons. The first-order chi connectivity index (χ1) is 18.1. The average Bonchev–Trinajstić information content (AvgIpc) is 3.34. The Morgan fingerprint density at radius 3 is 2.57 bits per heavy atom. The van der Waals surface area contributed by atoms with Crippen molar-refractivity contribution >= 4 is 23.5 Å². The lowest BCUT2D eigenvalue weighted by Gasteiger charge is -2.42. The van der Waals surface area contributed by atoms with E-state index < -0.39 is 0 Å². The molecule has 6 rings (SSSR count). The number of carbonyl (C=O) groups is 1. The number of hydrogen-bond donors (Lipinski definition) is 0. The lowest BCUT2D eigenvalue weighted by Crippen LogP contribution is -2.43. The zero-order valence-corrected chi connectivity index (χ0v) is 21.8. The Hall–Kier alpha value is -3.39. The highest BCUT2D eigenvalue weighted by molar-refractivity contribution is 7.99. The van der Waals surface area contributed by atoms with Crippen molar-refractivity contribution in [2.45, 2.75) is 62.6 Å². The van der Waals surface area contributed by atoms with Gasteiger partial charge in [0.05, 0.1) is 24.6 Å². The number of fused-ring (bicyclic) bond motifs is 6. The van der Waals surface area contributed by atoms with Crippen LogP contribution in [0.15, 0.2) is 64.5 Å². The Morgan fingerprint density at radius 2 is 1.78 bits per heavy atom. The number of thioether (sulfide) groups is 1. The van der Waals surface area contributed by atoms with Crippen LogP contribution in [0.1, 0.15) is 55.7 Å². The van der Waals surface area contributed by atoms with Gasteiger partial charge in [0.2, 0.25) is 5.78 Å². The van der Waals surface area contributed by atoms with E-state index >= 15 is 0 Å². The number of rotatable bonds is 6. The number of ether oxygens (including phenoxy) is 1. The fourth-order valence-electron chi connectivity index (χ4n) is 6.15. The number of benzene rings is 2. The van der Waals surface area contributed by atoms with Crippen molar-refractivity contribution < 1.29 is 9.53 Å². The van der Waals surface area contributed by atoms with Crippen LogP contribution in [0.5, 0.6) is 0 Å². The van der Waals surface area contributed by atoms with Gasteiger partial charge in [-0.2, -0.15) is 0 Å². The SMILES string of the molecule is CCOC(=O)CSc1nnc2n(Cc3ccccc3)c(=O)c3c(n12)-c1ccccc1CC31CCCCC1. The van der Waals surface area contributed by atoms with Crippen molar-refractivity contribution in [3.05, 3.63) is 81.6 Å². The molecule has 2 aromatic heterocycles. The van der Waals surface area contributed by atoms with Crippen LogP contribution in [0.3, 0.4) is 0 Å². The molecule has 0 radical (unpaired) electrons. The Balaban J connectivity index is 1.63. The predicted octanol–water partition coefficient (Wildman–Crippen LogP) is 5.02. The molecule has 2 aliphatic rings. The minimum atomic E-state index is -0.292. The van der Waals surface area contributed by atoms with Gasteiger partial charge in [-0.3, -0.25) is 18.6 Å². The van der Waals surface area contributed by atoms with Crippen LogP contribution in [0, 0.1) is 0 Å². The zero-order valence-electron chi connectivity index (χ0n) is 21.0. The fourth-order valence-corrected chi connectivity index (χ4v) is 6.88. The first-order valence-corrected chi connectivity index (χ1v) is 14.0. The molecule has 2 heterocycles. The van der Waals surface area contributed by atoms with Gasteiger partial charge in [-0.1, -0.05) is 85.6 Å². The Labute approximate surface area is 219 Å². The summed E-state index contributed by atoms with van der Waals surface area (Å²) in [7, 11) is 0. The standard InChI is InChI=1S/C29H30N4O3S/c1-2-36-23(34)19-37-28-31-30-27-32(18-20-11-5-3-6-12-20)26(35)24-25(33(27)28)22-14-8-7-13-21(22)17-29(24)15-9-4-10-16-29/h3,5-8,11-14H,2,4,9-10,15-19H2,1H3. The minimum Gasteiger partial charge on any atom is -0.465 e. The number of carbonyl (C=O) groups excluding carboxylic acids is 1. The molecule has 4 aromatic rings. The van der Waals surface area contributed by atoms with Gasteiger partial charge in [-0.15, -0.1) is 10.2 Å². The van der Waals surface area contributed by atoms with E-state index in [2.05, 4.69) is 28.4 Å². The van der Waals surface area contributed by atoms with Crippen LogP contribution in [-0.4, -0.2) is 37.5 Å². The largest absolute Gasteiger partial charge is 0.465 e. The molecule has 37 heavy (non-hydrogen) atoms. The van der Waals surface area contributed by atoms with Gasteiger partial charge in [0.15, 0.2) is 5.16 Å². The highest BCUT2D eigenvalue weighted by Crippen LogP contribution is 2.49. The summed E-state index contributed by atoms with van der Waals surface area (Å²) in [5.74, 6) is 0.343. The van der Waals surface area contributed by atoms with Crippen molar-refractivity contribution in [2.75, 3.05) is 12.4 Å². The van der Waals surface area contributed by atoms with Crippen LogP contribution in [0.4, 0.5) is 0 Å².